The molecule has 0 bridgehead atoms. The smallest absolute Gasteiger partial charge is 0.174 e. The number of anilines is 1. The molecule has 0 amide bonds. The van der Waals surface area contributed by atoms with E-state index in [9.17, 15) is 0 Å². The third-order valence-corrected chi connectivity index (χ3v) is 3.92. The number of hydrogen-bond acceptors (Lipinski definition) is 3. The second-order valence-electron chi connectivity index (χ2n) is 5.39. The first-order chi connectivity index (χ1) is 10.3. The maximum atomic E-state index is 8.54. The lowest BCUT2D eigenvalue weighted by atomic mass is 9.76. The molecule has 0 heterocycles. The van der Waals surface area contributed by atoms with E-state index in [4.69, 9.17) is 10.00 Å². The van der Waals surface area contributed by atoms with Gasteiger partial charge in [-0.1, -0.05) is 36.4 Å². The van der Waals surface area contributed by atoms with E-state index < -0.39 is 0 Å². The number of nitrogens with one attached hydrogen (secondary N) is 1. The van der Waals surface area contributed by atoms with E-state index in [-0.39, 0.29) is 6.61 Å². The van der Waals surface area contributed by atoms with Crippen molar-refractivity contribution in [3.8, 4) is 11.8 Å². The molecule has 3 rings (SSSR count). The fourth-order valence-corrected chi connectivity index (χ4v) is 2.76. The molecular formula is C18H18N2O. The summed E-state index contributed by atoms with van der Waals surface area (Å²) in [6.45, 7) is 0.0863. The van der Waals surface area contributed by atoms with Crippen LogP contribution in [-0.4, -0.2) is 12.6 Å². The van der Waals surface area contributed by atoms with Gasteiger partial charge in [0.05, 0.1) is 0 Å². The van der Waals surface area contributed by atoms with E-state index in [1.165, 1.54) is 5.56 Å². The SMILES string of the molecule is N#CCOc1cccc(NC2CC(c3ccccc3)C2)c1. The van der Waals surface area contributed by atoms with E-state index in [0.717, 1.165) is 24.3 Å². The number of benzene rings is 2. The van der Waals surface area contributed by atoms with Gasteiger partial charge in [-0.15, -0.1) is 0 Å². The molecule has 1 fully saturated rings. The summed E-state index contributed by atoms with van der Waals surface area (Å²) < 4.78 is 5.32. The number of rotatable bonds is 5. The van der Waals surface area contributed by atoms with Crippen LogP contribution in [0.5, 0.6) is 5.75 Å². The Morgan fingerprint density at radius 2 is 1.90 bits per heavy atom. The van der Waals surface area contributed by atoms with Crippen LogP contribution in [0.3, 0.4) is 0 Å². The van der Waals surface area contributed by atoms with Gasteiger partial charge in [-0.3, -0.25) is 0 Å². The first kappa shape index (κ1) is 13.5. The van der Waals surface area contributed by atoms with Crippen molar-refractivity contribution in [2.45, 2.75) is 24.8 Å². The van der Waals surface area contributed by atoms with Crippen molar-refractivity contribution in [2.24, 2.45) is 0 Å². The normalized spacial score (nSPS) is 20.1. The summed E-state index contributed by atoms with van der Waals surface area (Å²) in [5.41, 5.74) is 2.49. The minimum atomic E-state index is 0.0863. The molecule has 21 heavy (non-hydrogen) atoms. The Labute approximate surface area is 125 Å². The highest BCUT2D eigenvalue weighted by atomic mass is 16.5. The maximum absolute atomic E-state index is 8.54. The lowest BCUT2D eigenvalue weighted by Gasteiger charge is -2.37. The molecule has 2 aromatic rings. The molecule has 106 valence electrons. The molecule has 0 spiro atoms. The molecule has 0 aliphatic heterocycles. The second kappa shape index (κ2) is 6.32. The summed E-state index contributed by atoms with van der Waals surface area (Å²) in [4.78, 5) is 0. The molecule has 0 unspecified atom stereocenters. The Hall–Kier alpha value is -2.47. The second-order valence-corrected chi connectivity index (χ2v) is 5.39. The molecule has 2 aromatic carbocycles. The van der Waals surface area contributed by atoms with Crippen LogP contribution in [0, 0.1) is 11.3 Å². The molecule has 0 atom stereocenters. The van der Waals surface area contributed by atoms with Crippen LogP contribution in [0.4, 0.5) is 5.69 Å². The van der Waals surface area contributed by atoms with Crippen LogP contribution in [0.25, 0.3) is 0 Å². The molecule has 0 aromatic heterocycles. The summed E-state index contributed by atoms with van der Waals surface area (Å²) in [7, 11) is 0. The molecule has 1 aliphatic rings. The summed E-state index contributed by atoms with van der Waals surface area (Å²) >= 11 is 0. The van der Waals surface area contributed by atoms with Crippen LogP contribution in [0.1, 0.15) is 24.3 Å². The van der Waals surface area contributed by atoms with Crippen LogP contribution in [0.2, 0.25) is 0 Å². The number of hydrogen-bond donors (Lipinski definition) is 1. The zero-order chi connectivity index (χ0) is 14.5. The highest BCUT2D eigenvalue weighted by Gasteiger charge is 2.29. The Balaban J connectivity index is 1.54. The first-order valence-corrected chi connectivity index (χ1v) is 7.26. The van der Waals surface area contributed by atoms with Crippen LogP contribution >= 0.6 is 0 Å². The van der Waals surface area contributed by atoms with E-state index >= 15 is 0 Å². The molecular weight excluding hydrogens is 260 g/mol. The van der Waals surface area contributed by atoms with E-state index in [1.54, 1.807) is 0 Å². The summed E-state index contributed by atoms with van der Waals surface area (Å²) in [5, 5.41) is 12.1. The van der Waals surface area contributed by atoms with Crippen molar-refractivity contribution in [1.29, 1.82) is 5.26 Å². The third-order valence-electron chi connectivity index (χ3n) is 3.92. The van der Waals surface area contributed by atoms with Crippen molar-refractivity contribution in [1.82, 2.24) is 0 Å². The van der Waals surface area contributed by atoms with Gasteiger partial charge in [-0.25, -0.2) is 0 Å². The number of nitriles is 1. The van der Waals surface area contributed by atoms with E-state index in [1.807, 2.05) is 30.3 Å². The molecule has 1 saturated carbocycles. The van der Waals surface area contributed by atoms with Gasteiger partial charge in [0, 0.05) is 17.8 Å². The van der Waals surface area contributed by atoms with Gasteiger partial charge < -0.3 is 10.1 Å². The van der Waals surface area contributed by atoms with Crippen LogP contribution < -0.4 is 10.1 Å². The van der Waals surface area contributed by atoms with Crippen LogP contribution in [-0.2, 0) is 0 Å². The van der Waals surface area contributed by atoms with Crippen molar-refractivity contribution in [3.05, 3.63) is 60.2 Å². The zero-order valence-electron chi connectivity index (χ0n) is 11.8. The van der Waals surface area contributed by atoms with Gasteiger partial charge in [-0.2, -0.15) is 5.26 Å². The fraction of sp³-hybridized carbons (Fsp3) is 0.278. The first-order valence-electron chi connectivity index (χ1n) is 7.26. The maximum Gasteiger partial charge on any atom is 0.174 e. The van der Waals surface area contributed by atoms with Crippen molar-refractivity contribution in [3.63, 3.8) is 0 Å². The van der Waals surface area contributed by atoms with E-state index in [0.29, 0.717) is 12.0 Å². The van der Waals surface area contributed by atoms with Crippen molar-refractivity contribution >= 4 is 5.69 Å². The Kier molecular flexibility index (Phi) is 4.07. The van der Waals surface area contributed by atoms with Gasteiger partial charge in [0.25, 0.3) is 0 Å². The van der Waals surface area contributed by atoms with Crippen molar-refractivity contribution in [2.75, 3.05) is 11.9 Å². The highest BCUT2D eigenvalue weighted by Crippen LogP contribution is 2.38. The number of ether oxygens (including phenoxy) is 1. The molecule has 0 radical (unpaired) electrons. The lowest BCUT2D eigenvalue weighted by Crippen LogP contribution is -2.33. The van der Waals surface area contributed by atoms with Gasteiger partial charge in [0.1, 0.15) is 11.8 Å². The Morgan fingerprint density at radius 3 is 2.67 bits per heavy atom. The molecule has 1 N–H and O–H groups in total. The summed E-state index contributed by atoms with van der Waals surface area (Å²) in [6.07, 6.45) is 2.32. The largest absolute Gasteiger partial charge is 0.479 e. The molecule has 3 nitrogen and oxygen atoms in total. The van der Waals surface area contributed by atoms with Gasteiger partial charge in [-0.05, 0) is 36.5 Å². The summed E-state index contributed by atoms with van der Waals surface area (Å²) in [5.74, 6) is 1.40. The van der Waals surface area contributed by atoms with Crippen LogP contribution in [0.15, 0.2) is 54.6 Å². The third kappa shape index (κ3) is 3.35. The lowest BCUT2D eigenvalue weighted by molar-refractivity contribution is 0.366. The standard InChI is InChI=1S/C18H18N2O/c19-9-10-21-18-8-4-7-16(13-18)20-17-11-15(12-17)14-5-2-1-3-6-14/h1-8,13,15,17,20H,10-12H2. The average Bonchev–Trinajstić information content (AvgIpc) is 2.50. The molecule has 0 saturated heterocycles. The fourth-order valence-electron chi connectivity index (χ4n) is 2.76. The van der Waals surface area contributed by atoms with Gasteiger partial charge in [0.2, 0.25) is 0 Å². The minimum absolute atomic E-state index is 0.0863. The average molecular weight is 278 g/mol. The Bertz CT molecular complexity index is 627. The summed E-state index contributed by atoms with van der Waals surface area (Å²) in [6, 6.07) is 21.0. The Morgan fingerprint density at radius 1 is 1.10 bits per heavy atom. The monoisotopic (exact) mass is 278 g/mol. The van der Waals surface area contributed by atoms with Crippen molar-refractivity contribution < 1.29 is 4.74 Å². The number of nitrogens with zero attached hydrogens (tertiary/aromatic N) is 1. The predicted octanol–water partition coefficient (Wildman–Crippen LogP) is 3.95. The van der Waals surface area contributed by atoms with Gasteiger partial charge >= 0.3 is 0 Å². The minimum Gasteiger partial charge on any atom is -0.479 e. The van der Waals surface area contributed by atoms with E-state index in [2.05, 4.69) is 35.6 Å². The van der Waals surface area contributed by atoms with Gasteiger partial charge in [0.15, 0.2) is 6.61 Å². The molecule has 1 aliphatic carbocycles. The molecule has 3 heteroatoms. The zero-order valence-corrected chi connectivity index (χ0v) is 11.8. The quantitative estimate of drug-likeness (QED) is 0.900. The topological polar surface area (TPSA) is 45.0 Å². The predicted molar refractivity (Wildman–Crippen MR) is 83.4 cm³/mol. The highest BCUT2D eigenvalue weighted by molar-refractivity contribution is 5.49.